The maximum absolute atomic E-state index is 12.1. The van der Waals surface area contributed by atoms with Gasteiger partial charge in [0, 0.05) is 18.7 Å². The average molecular weight is 263 g/mol. The molecule has 0 spiro atoms. The smallest absolute Gasteiger partial charge is 0.246 e. The number of aliphatic hydroxyl groups excluding tert-OH is 1. The first-order chi connectivity index (χ1) is 9.06. The fourth-order valence-electron chi connectivity index (χ4n) is 2.56. The normalized spacial score (nSPS) is 21.2. The van der Waals surface area contributed by atoms with Gasteiger partial charge in [0.1, 0.15) is 11.5 Å². The fraction of sp³-hybridized carbons (Fsp3) is 0.533. The number of likely N-dealkylation sites (tertiary alicyclic amines) is 1. The van der Waals surface area contributed by atoms with E-state index in [-0.39, 0.29) is 18.1 Å². The van der Waals surface area contributed by atoms with Gasteiger partial charge in [0.15, 0.2) is 0 Å². The Kier molecular flexibility index (Phi) is 4.43. The summed E-state index contributed by atoms with van der Waals surface area (Å²) in [5.74, 6) is 1.52. The molecular formula is C15H21NO3. The number of nitrogens with zero attached hydrogens (tertiary/aromatic N) is 1. The molecule has 4 nitrogen and oxygen atoms in total. The van der Waals surface area contributed by atoms with Crippen molar-refractivity contribution in [2.45, 2.75) is 45.3 Å². The molecule has 0 saturated carbocycles. The summed E-state index contributed by atoms with van der Waals surface area (Å²) >= 11 is 0. The highest BCUT2D eigenvalue weighted by molar-refractivity contribution is 5.91. The number of carbonyl (C=O) groups is 1. The molecule has 1 aliphatic rings. The lowest BCUT2D eigenvalue weighted by Crippen LogP contribution is -2.36. The SMILES string of the molecule is Cc1ccc(/C=C/C(=O)N2CCC[C@H]2C[C@H](C)O)o1. The van der Waals surface area contributed by atoms with Gasteiger partial charge < -0.3 is 14.4 Å². The first kappa shape index (κ1) is 13.9. The van der Waals surface area contributed by atoms with Crippen molar-refractivity contribution in [2.24, 2.45) is 0 Å². The van der Waals surface area contributed by atoms with Crippen LogP contribution in [0.25, 0.3) is 6.08 Å². The van der Waals surface area contributed by atoms with E-state index in [2.05, 4.69) is 0 Å². The topological polar surface area (TPSA) is 53.7 Å². The Morgan fingerprint density at radius 3 is 3.05 bits per heavy atom. The number of furan rings is 1. The summed E-state index contributed by atoms with van der Waals surface area (Å²) in [5, 5.41) is 9.45. The summed E-state index contributed by atoms with van der Waals surface area (Å²) in [5.41, 5.74) is 0. The number of amides is 1. The van der Waals surface area contributed by atoms with Crippen molar-refractivity contribution in [3.8, 4) is 0 Å². The second kappa shape index (κ2) is 6.06. The molecule has 0 unspecified atom stereocenters. The first-order valence-electron chi connectivity index (χ1n) is 6.79. The highest BCUT2D eigenvalue weighted by Crippen LogP contribution is 2.22. The van der Waals surface area contributed by atoms with Gasteiger partial charge in [-0.1, -0.05) is 0 Å². The van der Waals surface area contributed by atoms with Crippen molar-refractivity contribution >= 4 is 12.0 Å². The molecule has 1 aliphatic heterocycles. The first-order valence-corrected chi connectivity index (χ1v) is 6.79. The van der Waals surface area contributed by atoms with Crippen LogP contribution >= 0.6 is 0 Å². The lowest BCUT2D eigenvalue weighted by atomic mass is 10.1. The summed E-state index contributed by atoms with van der Waals surface area (Å²) < 4.78 is 5.39. The van der Waals surface area contributed by atoms with Crippen molar-refractivity contribution in [2.75, 3.05) is 6.54 Å². The van der Waals surface area contributed by atoms with Crippen molar-refractivity contribution in [3.05, 3.63) is 29.7 Å². The van der Waals surface area contributed by atoms with Gasteiger partial charge in [0.25, 0.3) is 0 Å². The molecule has 1 N–H and O–H groups in total. The van der Waals surface area contributed by atoms with Gasteiger partial charge in [0.2, 0.25) is 5.91 Å². The highest BCUT2D eigenvalue weighted by Gasteiger charge is 2.28. The quantitative estimate of drug-likeness (QED) is 0.848. The summed E-state index contributed by atoms with van der Waals surface area (Å²) in [6.45, 7) is 4.42. The van der Waals surface area contributed by atoms with Crippen molar-refractivity contribution in [1.82, 2.24) is 4.90 Å². The van der Waals surface area contributed by atoms with Crippen LogP contribution in [-0.2, 0) is 4.79 Å². The van der Waals surface area contributed by atoms with Gasteiger partial charge in [-0.3, -0.25) is 4.79 Å². The molecule has 19 heavy (non-hydrogen) atoms. The number of carbonyl (C=O) groups excluding carboxylic acids is 1. The molecule has 104 valence electrons. The van der Waals surface area contributed by atoms with Crippen LogP contribution in [0.4, 0.5) is 0 Å². The molecule has 4 heteroatoms. The van der Waals surface area contributed by atoms with Gasteiger partial charge in [0.05, 0.1) is 6.10 Å². The molecule has 1 fully saturated rings. The van der Waals surface area contributed by atoms with Gasteiger partial charge in [-0.05, 0) is 51.3 Å². The summed E-state index contributed by atoms with van der Waals surface area (Å²) in [6, 6.07) is 3.88. The monoisotopic (exact) mass is 263 g/mol. The summed E-state index contributed by atoms with van der Waals surface area (Å²) in [7, 11) is 0. The molecular weight excluding hydrogens is 242 g/mol. The third-order valence-corrected chi connectivity index (χ3v) is 3.42. The van der Waals surface area contributed by atoms with Crippen LogP contribution in [0, 0.1) is 6.92 Å². The van der Waals surface area contributed by atoms with E-state index < -0.39 is 0 Å². The molecule has 2 rings (SSSR count). The molecule has 0 aliphatic carbocycles. The summed E-state index contributed by atoms with van der Waals surface area (Å²) in [6.07, 6.45) is 5.53. The Hall–Kier alpha value is -1.55. The molecule has 1 aromatic heterocycles. The van der Waals surface area contributed by atoms with Gasteiger partial charge in [-0.15, -0.1) is 0 Å². The van der Waals surface area contributed by atoms with Crippen LogP contribution in [0.1, 0.15) is 37.7 Å². The van der Waals surface area contributed by atoms with E-state index in [9.17, 15) is 9.90 Å². The van der Waals surface area contributed by atoms with E-state index in [0.29, 0.717) is 12.2 Å². The van der Waals surface area contributed by atoms with Crippen LogP contribution in [0.2, 0.25) is 0 Å². The minimum absolute atomic E-state index is 0.00259. The zero-order valence-corrected chi connectivity index (χ0v) is 11.5. The Morgan fingerprint density at radius 2 is 2.42 bits per heavy atom. The predicted molar refractivity (Wildman–Crippen MR) is 73.5 cm³/mol. The van der Waals surface area contributed by atoms with E-state index in [4.69, 9.17) is 4.42 Å². The highest BCUT2D eigenvalue weighted by atomic mass is 16.3. The van der Waals surface area contributed by atoms with E-state index >= 15 is 0 Å². The largest absolute Gasteiger partial charge is 0.462 e. The number of aliphatic hydroxyl groups is 1. The lowest BCUT2D eigenvalue weighted by molar-refractivity contribution is -0.127. The standard InChI is InChI=1S/C15H21NO3/c1-11(17)10-13-4-3-9-16(13)15(18)8-7-14-6-5-12(2)19-14/h5-8,11,13,17H,3-4,9-10H2,1-2H3/b8-7+/t11-,13-/m0/s1. The maximum atomic E-state index is 12.1. The second-order valence-corrected chi connectivity index (χ2v) is 5.19. The zero-order valence-electron chi connectivity index (χ0n) is 11.5. The van der Waals surface area contributed by atoms with E-state index in [1.54, 1.807) is 19.1 Å². The van der Waals surface area contributed by atoms with E-state index in [0.717, 1.165) is 25.1 Å². The Morgan fingerprint density at radius 1 is 1.63 bits per heavy atom. The minimum atomic E-state index is -0.366. The maximum Gasteiger partial charge on any atom is 0.246 e. The van der Waals surface area contributed by atoms with Crippen LogP contribution in [0.5, 0.6) is 0 Å². The molecule has 1 saturated heterocycles. The Balaban J connectivity index is 1.97. The minimum Gasteiger partial charge on any atom is -0.462 e. The van der Waals surface area contributed by atoms with Gasteiger partial charge in [-0.25, -0.2) is 0 Å². The molecule has 0 radical (unpaired) electrons. The van der Waals surface area contributed by atoms with Crippen LogP contribution in [0.3, 0.4) is 0 Å². The van der Waals surface area contributed by atoms with E-state index in [1.165, 1.54) is 0 Å². The number of hydrogen-bond donors (Lipinski definition) is 1. The molecule has 0 aromatic carbocycles. The molecule has 1 amide bonds. The van der Waals surface area contributed by atoms with Gasteiger partial charge >= 0.3 is 0 Å². The van der Waals surface area contributed by atoms with E-state index in [1.807, 2.05) is 24.0 Å². The number of aryl methyl sites for hydroxylation is 1. The Labute approximate surface area is 113 Å². The second-order valence-electron chi connectivity index (χ2n) is 5.19. The van der Waals surface area contributed by atoms with Crippen molar-refractivity contribution in [3.63, 3.8) is 0 Å². The predicted octanol–water partition coefficient (Wildman–Crippen LogP) is 2.36. The van der Waals surface area contributed by atoms with Crippen molar-refractivity contribution in [1.29, 1.82) is 0 Å². The molecule has 0 bridgehead atoms. The fourth-order valence-corrected chi connectivity index (χ4v) is 2.56. The van der Waals surface area contributed by atoms with Gasteiger partial charge in [-0.2, -0.15) is 0 Å². The Bertz CT molecular complexity index is 462. The van der Waals surface area contributed by atoms with Crippen molar-refractivity contribution < 1.29 is 14.3 Å². The molecule has 1 aromatic rings. The lowest BCUT2D eigenvalue weighted by Gasteiger charge is -2.24. The molecule has 2 atom stereocenters. The van der Waals surface area contributed by atoms with Crippen LogP contribution in [0.15, 0.2) is 22.6 Å². The van der Waals surface area contributed by atoms with Crippen LogP contribution in [-0.4, -0.2) is 34.6 Å². The molecule has 2 heterocycles. The zero-order chi connectivity index (χ0) is 13.8. The third kappa shape index (κ3) is 3.70. The average Bonchev–Trinajstić information content (AvgIpc) is 2.94. The summed E-state index contributed by atoms with van der Waals surface area (Å²) in [4.78, 5) is 14.0. The number of rotatable bonds is 4. The number of hydrogen-bond acceptors (Lipinski definition) is 3. The van der Waals surface area contributed by atoms with Crippen LogP contribution < -0.4 is 0 Å². The third-order valence-electron chi connectivity index (χ3n) is 3.42.